The van der Waals surface area contributed by atoms with E-state index in [9.17, 15) is 0 Å². The van der Waals surface area contributed by atoms with Gasteiger partial charge in [-0.25, -0.2) is 0 Å². The van der Waals surface area contributed by atoms with Crippen LogP contribution in [-0.2, 0) is 0 Å². The van der Waals surface area contributed by atoms with Crippen LogP contribution in [0.15, 0.2) is 5.10 Å². The second-order valence-electron chi connectivity index (χ2n) is 0.703. The van der Waals surface area contributed by atoms with Crippen molar-refractivity contribution in [1.82, 2.24) is 0 Å². The lowest BCUT2D eigenvalue weighted by Gasteiger charge is -1.79. The van der Waals surface area contributed by atoms with Gasteiger partial charge in [0, 0.05) is 0 Å². The van der Waals surface area contributed by atoms with Crippen LogP contribution in [0.4, 0.5) is 0 Å². The molecule has 8 N–H and O–H groups in total. The molecule has 0 saturated heterocycles. The molecule has 0 spiro atoms. The van der Waals surface area contributed by atoms with Crippen LogP contribution in [0.1, 0.15) is 0 Å². The van der Waals surface area contributed by atoms with Crippen LogP contribution < -0.4 is 22.8 Å². The molecule has 0 aliphatic carbocycles. The maximum absolute atomic E-state index is 4.82. The maximum atomic E-state index is 4.82. The van der Waals surface area contributed by atoms with Crippen LogP contribution in [0.25, 0.3) is 0 Å². The van der Waals surface area contributed by atoms with Crippen LogP contribution in [-0.4, -0.2) is 5.96 Å². The molecule has 0 unspecified atom stereocenters. The zero-order chi connectivity index (χ0) is 4.99. The number of quaternary nitrogens is 1. The predicted octanol–water partition coefficient (Wildman–Crippen LogP) is -3.39. The fourth-order valence-electron chi connectivity index (χ4n) is 0.0861. The Kier molecular flexibility index (Phi) is 2.10. The van der Waals surface area contributed by atoms with Gasteiger partial charge in [0.15, 0.2) is 0 Å². The molecular formula is CH8N5+. The summed E-state index contributed by atoms with van der Waals surface area (Å²) in [7, 11) is 0. The van der Waals surface area contributed by atoms with E-state index in [2.05, 4.69) is 5.10 Å². The molecule has 0 aliphatic rings. The van der Waals surface area contributed by atoms with Crippen molar-refractivity contribution in [3.8, 4) is 0 Å². The summed E-state index contributed by atoms with van der Waals surface area (Å²) in [5.41, 5.74) is 10.7. The molecule has 0 heterocycles. The van der Waals surface area contributed by atoms with Gasteiger partial charge in [-0.3, -0.25) is 0 Å². The third-order valence-corrected chi connectivity index (χ3v) is 0.224. The zero-order valence-electron chi connectivity index (χ0n) is 3.26. The Hall–Kier alpha value is -0.810. The minimum absolute atomic E-state index is 0.0162. The molecule has 36 valence electrons. The van der Waals surface area contributed by atoms with Crippen LogP contribution in [0.3, 0.4) is 0 Å². The van der Waals surface area contributed by atoms with Gasteiger partial charge in [-0.05, 0) is 5.10 Å². The van der Waals surface area contributed by atoms with E-state index >= 15 is 0 Å². The van der Waals surface area contributed by atoms with Gasteiger partial charge in [-0.15, -0.1) is 5.53 Å². The quantitative estimate of drug-likeness (QED) is 0.117. The van der Waals surface area contributed by atoms with E-state index in [1.807, 2.05) is 0 Å². The van der Waals surface area contributed by atoms with Gasteiger partial charge in [0.2, 0.25) is 5.96 Å². The van der Waals surface area contributed by atoms with Crippen molar-refractivity contribution in [1.29, 1.82) is 0 Å². The molecule has 6 heavy (non-hydrogen) atoms. The van der Waals surface area contributed by atoms with E-state index in [0.29, 0.717) is 0 Å². The van der Waals surface area contributed by atoms with Crippen molar-refractivity contribution in [3.63, 3.8) is 0 Å². The summed E-state index contributed by atoms with van der Waals surface area (Å²) < 4.78 is 0. The molecule has 0 aromatic carbocycles. The molecule has 0 aliphatic heterocycles. The first-order valence-electron chi connectivity index (χ1n) is 1.39. The summed E-state index contributed by atoms with van der Waals surface area (Å²) in [6, 6.07) is 0. The normalized spacial score (nSPS) is 7.50. The van der Waals surface area contributed by atoms with E-state index in [1.165, 1.54) is 0 Å². The summed E-state index contributed by atoms with van der Waals surface area (Å²) in [4.78, 5) is 0. The number of rotatable bonds is 1. The Labute approximate surface area is 35.1 Å². The van der Waals surface area contributed by atoms with Crippen LogP contribution in [0.5, 0.6) is 0 Å². The molecule has 0 aromatic rings. The average Bonchev–Trinajstić information content (AvgIpc) is 1.35. The minimum atomic E-state index is -0.0162. The standard InChI is InChI=1S/CH7N5/c2-1(3)5-6-4/h6H,4H2,(H4,2,3,5)/p+1. The second kappa shape index (κ2) is 2.43. The van der Waals surface area contributed by atoms with Gasteiger partial charge < -0.3 is 11.5 Å². The van der Waals surface area contributed by atoms with Crippen molar-refractivity contribution in [2.45, 2.75) is 0 Å². The molecule has 5 nitrogen and oxygen atoms in total. The molecule has 0 amide bonds. The van der Waals surface area contributed by atoms with E-state index in [1.54, 1.807) is 0 Å². The van der Waals surface area contributed by atoms with Gasteiger partial charge in [0.1, 0.15) is 0 Å². The van der Waals surface area contributed by atoms with Crippen LogP contribution in [0, 0.1) is 0 Å². The summed E-state index contributed by atoms with van der Waals surface area (Å²) >= 11 is 0. The maximum Gasteiger partial charge on any atom is 0.247 e. The number of nitrogens with two attached hydrogens (primary N) is 4. The van der Waals surface area contributed by atoms with Gasteiger partial charge >= 0.3 is 0 Å². The molecule has 0 atom stereocenters. The number of hydrogen-bond acceptors (Lipinski definition) is 2. The molecule has 0 aromatic heterocycles. The van der Waals surface area contributed by atoms with Crippen molar-refractivity contribution in [2.75, 3.05) is 0 Å². The number of nitrogens with zero attached hydrogens (tertiary/aromatic N) is 1. The Morgan fingerprint density at radius 1 is 1.50 bits per heavy atom. The Balaban J connectivity index is 3.14. The lowest BCUT2D eigenvalue weighted by atomic mass is 11.1. The van der Waals surface area contributed by atoms with E-state index in [4.69, 9.17) is 17.3 Å². The lowest BCUT2D eigenvalue weighted by Crippen LogP contribution is -2.86. The third kappa shape index (κ3) is 3.19. The third-order valence-electron chi connectivity index (χ3n) is 0.224. The first-order valence-corrected chi connectivity index (χ1v) is 1.39. The van der Waals surface area contributed by atoms with E-state index in [0.717, 1.165) is 5.53 Å². The summed E-state index contributed by atoms with van der Waals surface area (Å²) in [5.74, 6) is 4.74. The molecule has 0 rings (SSSR count). The van der Waals surface area contributed by atoms with Gasteiger partial charge in [0.05, 0.1) is 0 Å². The minimum Gasteiger partial charge on any atom is -0.366 e. The number of guanidine groups is 1. The van der Waals surface area contributed by atoms with Crippen molar-refractivity contribution in [2.24, 2.45) is 22.4 Å². The highest BCUT2D eigenvalue weighted by atomic mass is 15.5. The van der Waals surface area contributed by atoms with Crippen molar-refractivity contribution < 1.29 is 5.53 Å². The SMILES string of the molecule is N[NH2+]N=C(N)N. The second-order valence-corrected chi connectivity index (χ2v) is 0.703. The highest BCUT2D eigenvalue weighted by molar-refractivity contribution is 5.74. The smallest absolute Gasteiger partial charge is 0.247 e. The highest BCUT2D eigenvalue weighted by Crippen LogP contribution is 1.28. The molecule has 0 saturated carbocycles. The van der Waals surface area contributed by atoms with Crippen molar-refractivity contribution in [3.05, 3.63) is 0 Å². The Morgan fingerprint density at radius 3 is 2.00 bits per heavy atom. The molecule has 0 fully saturated rings. The topological polar surface area (TPSA) is 107 Å². The summed E-state index contributed by atoms with van der Waals surface area (Å²) in [6.07, 6.45) is 0. The first kappa shape index (κ1) is 5.19. The van der Waals surface area contributed by atoms with Gasteiger partial charge in [0.25, 0.3) is 0 Å². The predicted molar refractivity (Wildman–Crippen MR) is 21.9 cm³/mol. The van der Waals surface area contributed by atoms with Gasteiger partial charge in [-0.1, -0.05) is 0 Å². The highest BCUT2D eigenvalue weighted by Gasteiger charge is 1.72. The average molecular weight is 90.1 g/mol. The molecule has 0 bridgehead atoms. The largest absolute Gasteiger partial charge is 0.366 e. The zero-order valence-corrected chi connectivity index (χ0v) is 3.26. The first-order chi connectivity index (χ1) is 2.77. The molecular weight excluding hydrogens is 82.0 g/mol. The number of hydrogen-bond donors (Lipinski definition) is 4. The van der Waals surface area contributed by atoms with E-state index < -0.39 is 0 Å². The van der Waals surface area contributed by atoms with Gasteiger partial charge in [-0.2, -0.15) is 5.84 Å². The van der Waals surface area contributed by atoms with Crippen LogP contribution in [0.2, 0.25) is 0 Å². The molecule has 0 radical (unpaired) electrons. The Bertz CT molecular complexity index is 51.0. The fourth-order valence-corrected chi connectivity index (χ4v) is 0.0861. The molecule has 5 heteroatoms. The monoisotopic (exact) mass is 90.1 g/mol. The summed E-state index contributed by atoms with van der Waals surface area (Å²) in [5, 5.41) is 3.25. The van der Waals surface area contributed by atoms with E-state index in [-0.39, 0.29) is 5.96 Å². The summed E-state index contributed by atoms with van der Waals surface area (Å²) in [6.45, 7) is 0. The lowest BCUT2D eigenvalue weighted by molar-refractivity contribution is -0.674. The van der Waals surface area contributed by atoms with Crippen molar-refractivity contribution >= 4 is 5.96 Å². The fraction of sp³-hybridized carbons (Fsp3) is 0. The Morgan fingerprint density at radius 2 is 2.00 bits per heavy atom. The van der Waals surface area contributed by atoms with Crippen LogP contribution >= 0.6 is 0 Å².